The number of nitro benzene ring substituents is 2. The van der Waals surface area contributed by atoms with E-state index in [2.05, 4.69) is 19.6 Å². The van der Waals surface area contributed by atoms with E-state index in [1.54, 1.807) is 48.5 Å². The van der Waals surface area contributed by atoms with E-state index in [4.69, 9.17) is 0 Å². The quantitative estimate of drug-likeness (QED) is 0.150. The lowest BCUT2D eigenvalue weighted by Crippen LogP contribution is -2.14. The summed E-state index contributed by atoms with van der Waals surface area (Å²) in [6.45, 7) is 3.82. The number of nitrogens with zero attached hydrogens (tertiary/aromatic N) is 2. The molecule has 4 aromatic rings. The molecule has 0 bridgehead atoms. The van der Waals surface area contributed by atoms with Crippen molar-refractivity contribution in [2.24, 2.45) is 0 Å². The number of para-hydroxylation sites is 2. The van der Waals surface area contributed by atoms with Crippen LogP contribution in [0.4, 0.5) is 11.4 Å². The van der Waals surface area contributed by atoms with E-state index in [0.29, 0.717) is 11.1 Å². The molecule has 0 fully saturated rings. The fraction of sp³-hybridized carbons (Fsp3) is 0.0667. The smallest absolute Gasteiger partial charge is 0.258 e. The van der Waals surface area contributed by atoms with Crippen molar-refractivity contribution in [3.05, 3.63) is 151 Å². The van der Waals surface area contributed by atoms with Gasteiger partial charge in [-0.1, -0.05) is 59.7 Å². The van der Waals surface area contributed by atoms with Gasteiger partial charge >= 0.3 is 23.9 Å². The van der Waals surface area contributed by atoms with E-state index in [-0.39, 0.29) is 0 Å². The Morgan fingerprint density at radius 3 is 1.09 bits per heavy atom. The summed E-state index contributed by atoms with van der Waals surface area (Å²) in [5.74, 6) is -3.97. The summed E-state index contributed by atoms with van der Waals surface area (Å²) in [6, 6.07) is 23.3. The fourth-order valence-electron chi connectivity index (χ4n) is 3.33. The van der Waals surface area contributed by atoms with Gasteiger partial charge in [-0.2, -0.15) is 0 Å². The van der Waals surface area contributed by atoms with E-state index in [0.717, 1.165) is 35.4 Å². The maximum atomic E-state index is 11.8. The van der Waals surface area contributed by atoms with Crippen LogP contribution in [0.1, 0.15) is 52.6 Å². The fourth-order valence-corrected chi connectivity index (χ4v) is 3.33. The number of aryl methyl sites for hydroxylation is 2. The van der Waals surface area contributed by atoms with Crippen molar-refractivity contribution in [1.29, 1.82) is 0 Å². The Labute approximate surface area is 248 Å². The average molecular weight is 603 g/mol. The zero-order valence-corrected chi connectivity index (χ0v) is 23.0. The number of carbonyl (C=O) groups is 4. The largest absolute Gasteiger partial charge is 0.393 e. The number of carbonyl (C=O) groups excluding carboxylic acids is 4. The summed E-state index contributed by atoms with van der Waals surface area (Å²) in [5.41, 5.74) is 0.764. The van der Waals surface area contributed by atoms with Crippen LogP contribution in [0.3, 0.4) is 0 Å². The standard InChI is InChI=1S/C16H14O4.C14H8N2O8/c1-11-3-7-13(8-4-11)15(17)19-20-16(18)14-9-5-12(2)6-10-14;17-13(9-5-1-3-7-11(9)15(19)20)23-24-14(18)10-6-2-4-8-12(10)16(21)22/h3-10H,1-2H3;1-8H. The van der Waals surface area contributed by atoms with Crippen molar-refractivity contribution in [3.63, 3.8) is 0 Å². The van der Waals surface area contributed by atoms with Crippen molar-refractivity contribution in [1.82, 2.24) is 0 Å². The maximum absolute atomic E-state index is 11.8. The van der Waals surface area contributed by atoms with Crippen molar-refractivity contribution in [2.45, 2.75) is 13.8 Å². The normalized spacial score (nSPS) is 9.86. The summed E-state index contributed by atoms with van der Waals surface area (Å²) in [6.07, 6.45) is 0. The SMILES string of the molecule is Cc1ccc(C(=O)OOC(=O)c2ccc(C)cc2)cc1.O=C(OOC(=O)c1ccccc1[N+](=O)[O-])c1ccccc1[N+](=O)[O-]. The lowest BCUT2D eigenvalue weighted by molar-refractivity contribution is -0.385. The number of nitro groups is 2. The Morgan fingerprint density at radius 1 is 0.477 bits per heavy atom. The van der Waals surface area contributed by atoms with E-state index in [1.807, 2.05) is 13.8 Å². The molecule has 0 amide bonds. The van der Waals surface area contributed by atoms with E-state index < -0.39 is 56.2 Å². The molecule has 0 N–H and O–H groups in total. The molecule has 14 nitrogen and oxygen atoms in total. The first-order chi connectivity index (χ1) is 21.0. The monoisotopic (exact) mass is 602 g/mol. The highest BCUT2D eigenvalue weighted by Crippen LogP contribution is 2.21. The average Bonchev–Trinajstić information content (AvgIpc) is 3.03. The van der Waals surface area contributed by atoms with Crippen LogP contribution in [-0.2, 0) is 19.6 Å². The molecule has 0 radical (unpaired) electrons. The zero-order chi connectivity index (χ0) is 32.2. The highest BCUT2D eigenvalue weighted by molar-refractivity contribution is 5.96. The molecular formula is C30H22N2O12. The molecule has 0 atom stereocenters. The number of hydrogen-bond donors (Lipinski definition) is 0. The van der Waals surface area contributed by atoms with Crippen molar-refractivity contribution in [2.75, 3.05) is 0 Å². The molecule has 44 heavy (non-hydrogen) atoms. The Kier molecular flexibility index (Phi) is 10.9. The molecular weight excluding hydrogens is 580 g/mol. The van der Waals surface area contributed by atoms with E-state index >= 15 is 0 Å². The Bertz CT molecular complexity index is 1570. The molecule has 0 unspecified atom stereocenters. The van der Waals surface area contributed by atoms with Gasteiger partial charge in [-0.25, -0.2) is 38.7 Å². The number of rotatable bonds is 6. The summed E-state index contributed by atoms with van der Waals surface area (Å²) in [7, 11) is 0. The van der Waals surface area contributed by atoms with Crippen LogP contribution < -0.4 is 0 Å². The molecule has 4 rings (SSSR count). The van der Waals surface area contributed by atoms with Crippen LogP contribution in [0, 0.1) is 34.1 Å². The molecule has 0 saturated carbocycles. The molecule has 0 heterocycles. The highest BCUT2D eigenvalue weighted by atomic mass is 17.2. The van der Waals surface area contributed by atoms with Crippen LogP contribution in [0.2, 0.25) is 0 Å². The minimum absolute atomic E-state index is 0.326. The van der Waals surface area contributed by atoms with Gasteiger partial charge in [0.2, 0.25) is 0 Å². The van der Waals surface area contributed by atoms with Crippen molar-refractivity contribution < 1.29 is 48.6 Å². The zero-order valence-electron chi connectivity index (χ0n) is 23.0. The molecule has 0 saturated heterocycles. The Hall–Kier alpha value is -6.44. The first-order valence-corrected chi connectivity index (χ1v) is 12.4. The summed E-state index contributed by atoms with van der Waals surface area (Å²) < 4.78 is 0. The van der Waals surface area contributed by atoms with Crippen LogP contribution in [-0.4, -0.2) is 33.7 Å². The van der Waals surface area contributed by atoms with Crippen molar-refractivity contribution in [3.8, 4) is 0 Å². The predicted octanol–water partition coefficient (Wildman–Crippen LogP) is 5.66. The van der Waals surface area contributed by atoms with Gasteiger partial charge in [-0.3, -0.25) is 20.2 Å². The van der Waals surface area contributed by atoms with Gasteiger partial charge in [-0.15, -0.1) is 0 Å². The van der Waals surface area contributed by atoms with Gasteiger partial charge in [0, 0.05) is 12.1 Å². The molecule has 0 aromatic heterocycles. The lowest BCUT2D eigenvalue weighted by Gasteiger charge is -2.04. The van der Waals surface area contributed by atoms with Crippen LogP contribution >= 0.6 is 0 Å². The molecule has 0 aliphatic rings. The Balaban J connectivity index is 0.000000244. The van der Waals surface area contributed by atoms with Gasteiger partial charge in [-0.05, 0) is 50.2 Å². The molecule has 0 spiro atoms. The molecule has 14 heteroatoms. The highest BCUT2D eigenvalue weighted by Gasteiger charge is 2.26. The summed E-state index contributed by atoms with van der Waals surface area (Å²) in [4.78, 5) is 84.5. The van der Waals surface area contributed by atoms with Gasteiger partial charge < -0.3 is 0 Å². The van der Waals surface area contributed by atoms with Crippen molar-refractivity contribution >= 4 is 35.3 Å². The lowest BCUT2D eigenvalue weighted by atomic mass is 10.1. The molecule has 0 aliphatic carbocycles. The molecule has 224 valence electrons. The number of benzene rings is 4. The third-order valence-electron chi connectivity index (χ3n) is 5.60. The third kappa shape index (κ3) is 8.78. The van der Waals surface area contributed by atoms with Gasteiger partial charge in [0.25, 0.3) is 11.4 Å². The van der Waals surface area contributed by atoms with Gasteiger partial charge in [0.1, 0.15) is 11.1 Å². The summed E-state index contributed by atoms with van der Waals surface area (Å²) in [5, 5.41) is 21.6. The second-order valence-corrected chi connectivity index (χ2v) is 8.76. The summed E-state index contributed by atoms with van der Waals surface area (Å²) >= 11 is 0. The Morgan fingerprint density at radius 2 is 0.773 bits per heavy atom. The maximum Gasteiger partial charge on any atom is 0.393 e. The molecule has 4 aromatic carbocycles. The van der Waals surface area contributed by atoms with Gasteiger partial charge in [0.05, 0.1) is 21.0 Å². The van der Waals surface area contributed by atoms with Gasteiger partial charge in [0.15, 0.2) is 0 Å². The van der Waals surface area contributed by atoms with E-state index in [1.165, 1.54) is 24.3 Å². The predicted molar refractivity (Wildman–Crippen MR) is 150 cm³/mol. The second kappa shape index (κ2) is 15.0. The first-order valence-electron chi connectivity index (χ1n) is 12.4. The third-order valence-corrected chi connectivity index (χ3v) is 5.60. The number of hydrogen-bond acceptors (Lipinski definition) is 12. The minimum atomic E-state index is -1.28. The topological polar surface area (TPSA) is 191 Å². The van der Waals surface area contributed by atoms with Crippen LogP contribution in [0.15, 0.2) is 97.1 Å². The van der Waals surface area contributed by atoms with Crippen LogP contribution in [0.25, 0.3) is 0 Å². The molecule has 0 aliphatic heterocycles. The van der Waals surface area contributed by atoms with Crippen LogP contribution in [0.5, 0.6) is 0 Å². The second-order valence-electron chi connectivity index (χ2n) is 8.76. The first kappa shape index (κ1) is 32.1. The minimum Gasteiger partial charge on any atom is -0.258 e. The van der Waals surface area contributed by atoms with E-state index in [9.17, 15) is 39.4 Å².